The van der Waals surface area contributed by atoms with Crippen LogP contribution >= 0.6 is 0 Å². The first-order chi connectivity index (χ1) is 13.9. The lowest BCUT2D eigenvalue weighted by Gasteiger charge is -2.25. The Balaban J connectivity index is 1.83. The molecule has 0 N–H and O–H groups in total. The highest BCUT2D eigenvalue weighted by Gasteiger charge is 2.21. The highest BCUT2D eigenvalue weighted by Crippen LogP contribution is 2.28. The van der Waals surface area contributed by atoms with Crippen LogP contribution in [0.5, 0.6) is 11.5 Å². The van der Waals surface area contributed by atoms with Crippen LogP contribution in [0.25, 0.3) is 11.2 Å². The van der Waals surface area contributed by atoms with Gasteiger partial charge in [-0.2, -0.15) is 0 Å². The van der Waals surface area contributed by atoms with E-state index in [0.717, 1.165) is 12.0 Å². The van der Waals surface area contributed by atoms with E-state index in [0.29, 0.717) is 47.2 Å². The molecule has 0 aliphatic heterocycles. The van der Waals surface area contributed by atoms with Crippen molar-refractivity contribution in [2.45, 2.75) is 20.3 Å². The van der Waals surface area contributed by atoms with E-state index in [1.165, 1.54) is 0 Å². The molecule has 1 amide bonds. The quantitative estimate of drug-likeness (QED) is 0.584. The number of pyridine rings is 1. The topological polar surface area (TPSA) is 69.5 Å². The van der Waals surface area contributed by atoms with Gasteiger partial charge in [0, 0.05) is 26.3 Å². The summed E-state index contributed by atoms with van der Waals surface area (Å²) in [5.74, 6) is 1.72. The van der Waals surface area contributed by atoms with E-state index >= 15 is 0 Å². The van der Waals surface area contributed by atoms with Gasteiger partial charge in [-0.25, -0.2) is 9.97 Å². The van der Waals surface area contributed by atoms with Gasteiger partial charge in [0.1, 0.15) is 5.52 Å². The normalized spacial score (nSPS) is 11.1. The van der Waals surface area contributed by atoms with Crippen LogP contribution in [0.3, 0.4) is 0 Å². The van der Waals surface area contributed by atoms with E-state index in [2.05, 4.69) is 23.8 Å². The van der Waals surface area contributed by atoms with Gasteiger partial charge in [0.15, 0.2) is 17.1 Å². The molecule has 0 radical (unpaired) electrons. The number of amides is 1. The molecule has 0 saturated carbocycles. The van der Waals surface area contributed by atoms with E-state index in [-0.39, 0.29) is 5.91 Å². The number of benzene rings is 1. The minimum Gasteiger partial charge on any atom is -0.493 e. The van der Waals surface area contributed by atoms with Crippen LogP contribution in [0.1, 0.15) is 29.8 Å². The average Bonchev–Trinajstić information content (AvgIpc) is 3.11. The van der Waals surface area contributed by atoms with Crippen LogP contribution in [0.4, 0.5) is 0 Å². The van der Waals surface area contributed by atoms with E-state index in [9.17, 15) is 4.79 Å². The van der Waals surface area contributed by atoms with Gasteiger partial charge >= 0.3 is 0 Å². The molecule has 3 rings (SSSR count). The van der Waals surface area contributed by atoms with E-state index in [4.69, 9.17) is 9.47 Å². The lowest BCUT2D eigenvalue weighted by atomic mass is 10.1. The number of carbonyl (C=O) groups excluding carboxylic acids is 1. The minimum absolute atomic E-state index is 0.0229. The van der Waals surface area contributed by atoms with E-state index < -0.39 is 0 Å². The molecule has 1 aromatic carbocycles. The Kier molecular flexibility index (Phi) is 6.36. The predicted molar refractivity (Wildman–Crippen MR) is 113 cm³/mol. The van der Waals surface area contributed by atoms with Crippen molar-refractivity contribution < 1.29 is 14.3 Å². The summed E-state index contributed by atoms with van der Waals surface area (Å²) in [6.45, 7) is 5.49. The number of aryl methyl sites for hydroxylation is 1. The summed E-state index contributed by atoms with van der Waals surface area (Å²) in [6, 6.07) is 7.60. The molecule has 3 aromatic rings. The third-order valence-electron chi connectivity index (χ3n) is 4.82. The Labute approximate surface area is 171 Å². The number of methoxy groups -OCH3 is 2. The third-order valence-corrected chi connectivity index (χ3v) is 4.82. The molecule has 7 heteroatoms. The highest BCUT2D eigenvalue weighted by atomic mass is 16.5. The molecule has 2 aromatic heterocycles. The Morgan fingerprint density at radius 2 is 1.90 bits per heavy atom. The van der Waals surface area contributed by atoms with Crippen LogP contribution < -0.4 is 9.47 Å². The molecule has 0 fully saturated rings. The van der Waals surface area contributed by atoms with Crippen LogP contribution in [0, 0.1) is 5.92 Å². The maximum atomic E-state index is 13.4. The Morgan fingerprint density at radius 1 is 1.14 bits per heavy atom. The van der Waals surface area contributed by atoms with Crippen LogP contribution in [-0.2, 0) is 13.5 Å². The monoisotopic (exact) mass is 396 g/mol. The summed E-state index contributed by atoms with van der Waals surface area (Å²) in [5, 5.41) is 0. The Bertz CT molecular complexity index is 997. The maximum Gasteiger partial charge on any atom is 0.256 e. The lowest BCUT2D eigenvalue weighted by molar-refractivity contribution is 0.0740. The van der Waals surface area contributed by atoms with Crippen molar-refractivity contribution >= 4 is 17.1 Å². The zero-order chi connectivity index (χ0) is 21.0. The van der Waals surface area contributed by atoms with Crippen molar-refractivity contribution in [3.63, 3.8) is 0 Å². The number of fused-ring (bicyclic) bond motifs is 1. The SMILES string of the molecule is COc1ccc(CCN(CC(C)C)C(=O)c2ccnc3c2ncn3C)cc1OC. The number of hydrogen-bond acceptors (Lipinski definition) is 5. The fourth-order valence-corrected chi connectivity index (χ4v) is 3.39. The van der Waals surface area contributed by atoms with Crippen molar-refractivity contribution in [1.82, 2.24) is 19.4 Å². The molecule has 2 heterocycles. The fraction of sp³-hybridized carbons (Fsp3) is 0.409. The molecule has 0 aliphatic carbocycles. The molecular weight excluding hydrogens is 368 g/mol. The predicted octanol–water partition coefficient (Wildman–Crippen LogP) is 3.33. The van der Waals surface area contributed by atoms with Gasteiger partial charge in [0.05, 0.1) is 26.1 Å². The molecule has 0 bridgehead atoms. The summed E-state index contributed by atoms with van der Waals surface area (Å²) in [4.78, 5) is 24.0. The van der Waals surface area contributed by atoms with Gasteiger partial charge in [-0.15, -0.1) is 0 Å². The first-order valence-electron chi connectivity index (χ1n) is 9.70. The van der Waals surface area contributed by atoms with E-state index in [1.807, 2.05) is 34.7 Å². The van der Waals surface area contributed by atoms with Crippen molar-refractivity contribution in [3.8, 4) is 11.5 Å². The van der Waals surface area contributed by atoms with Crippen molar-refractivity contribution in [3.05, 3.63) is 47.9 Å². The molecule has 0 saturated heterocycles. The van der Waals surface area contributed by atoms with Gasteiger partial charge in [-0.3, -0.25) is 4.79 Å². The van der Waals surface area contributed by atoms with Gasteiger partial charge in [-0.1, -0.05) is 19.9 Å². The lowest BCUT2D eigenvalue weighted by Crippen LogP contribution is -2.36. The second-order valence-corrected chi connectivity index (χ2v) is 7.47. The number of nitrogens with zero attached hydrogens (tertiary/aromatic N) is 4. The molecule has 154 valence electrons. The molecule has 29 heavy (non-hydrogen) atoms. The molecule has 7 nitrogen and oxygen atoms in total. The summed E-state index contributed by atoms with van der Waals surface area (Å²) >= 11 is 0. The summed E-state index contributed by atoms with van der Waals surface area (Å²) in [5.41, 5.74) is 3.02. The van der Waals surface area contributed by atoms with Crippen molar-refractivity contribution in [2.24, 2.45) is 13.0 Å². The number of rotatable bonds is 8. The van der Waals surface area contributed by atoms with E-state index in [1.54, 1.807) is 32.8 Å². The first kappa shape index (κ1) is 20.6. The number of imidazole rings is 1. The molecule has 0 spiro atoms. The Morgan fingerprint density at radius 3 is 2.59 bits per heavy atom. The van der Waals surface area contributed by atoms with Gasteiger partial charge in [0.25, 0.3) is 5.91 Å². The fourth-order valence-electron chi connectivity index (χ4n) is 3.39. The number of carbonyl (C=O) groups is 1. The minimum atomic E-state index is -0.0229. The van der Waals surface area contributed by atoms with Gasteiger partial charge in [0.2, 0.25) is 0 Å². The van der Waals surface area contributed by atoms with Crippen molar-refractivity contribution in [2.75, 3.05) is 27.3 Å². The third kappa shape index (κ3) is 4.50. The van der Waals surface area contributed by atoms with Crippen molar-refractivity contribution in [1.29, 1.82) is 0 Å². The van der Waals surface area contributed by atoms with Crippen LogP contribution in [0.2, 0.25) is 0 Å². The maximum absolute atomic E-state index is 13.4. The average molecular weight is 396 g/mol. The second kappa shape index (κ2) is 8.94. The van der Waals surface area contributed by atoms with Crippen LogP contribution in [-0.4, -0.2) is 52.7 Å². The number of hydrogen-bond donors (Lipinski definition) is 0. The smallest absolute Gasteiger partial charge is 0.256 e. The van der Waals surface area contributed by atoms with Crippen LogP contribution in [0.15, 0.2) is 36.8 Å². The summed E-state index contributed by atoms with van der Waals surface area (Å²) in [6.07, 6.45) is 4.07. The summed E-state index contributed by atoms with van der Waals surface area (Å²) in [7, 11) is 5.12. The largest absolute Gasteiger partial charge is 0.493 e. The Hall–Kier alpha value is -3.09. The number of ether oxygens (including phenoxy) is 2. The standard InChI is InChI=1S/C22H28N4O3/c1-15(2)13-26(11-9-16-6-7-18(28-4)19(12-16)29-5)22(27)17-8-10-23-21-20(17)24-14-25(21)3/h6-8,10,12,14-15H,9,11,13H2,1-5H3. The number of aromatic nitrogens is 3. The highest BCUT2D eigenvalue weighted by molar-refractivity contribution is 6.04. The zero-order valence-electron chi connectivity index (χ0n) is 17.7. The van der Waals surface area contributed by atoms with Gasteiger partial charge in [-0.05, 0) is 36.1 Å². The van der Waals surface area contributed by atoms with Gasteiger partial charge < -0.3 is 18.9 Å². The molecular formula is C22H28N4O3. The second-order valence-electron chi connectivity index (χ2n) is 7.47. The molecule has 0 atom stereocenters. The zero-order valence-corrected chi connectivity index (χ0v) is 17.7. The summed E-state index contributed by atoms with van der Waals surface area (Å²) < 4.78 is 12.5. The molecule has 0 unspecified atom stereocenters. The first-order valence-corrected chi connectivity index (χ1v) is 9.70. The molecule has 0 aliphatic rings.